The molecule has 9 nitrogen and oxygen atoms in total. The Morgan fingerprint density at radius 2 is 1.76 bits per heavy atom. The molecule has 0 fully saturated rings. The molecule has 0 saturated carbocycles. The smallest absolute Gasteiger partial charge is 0.387 e. The predicted molar refractivity (Wildman–Crippen MR) is 121 cm³/mol. The van der Waals surface area contributed by atoms with Crippen LogP contribution in [0.3, 0.4) is 0 Å². The first-order chi connectivity index (χ1) is 16.1. The van der Waals surface area contributed by atoms with E-state index in [1.165, 1.54) is 60.0 Å². The molecule has 0 aliphatic heterocycles. The second-order valence-electron chi connectivity index (χ2n) is 6.68. The van der Waals surface area contributed by atoms with Gasteiger partial charge in [-0.05, 0) is 42.0 Å². The zero-order valence-corrected chi connectivity index (χ0v) is 19.6. The molecule has 2 aromatic rings. The Hall–Kier alpha value is -3.51. The van der Waals surface area contributed by atoms with E-state index in [4.69, 9.17) is 4.74 Å². The van der Waals surface area contributed by atoms with Gasteiger partial charge >= 0.3 is 6.61 Å². The third-order valence-corrected chi connectivity index (χ3v) is 6.62. The molecular formula is C22H25F2N3O6S. The van der Waals surface area contributed by atoms with E-state index in [1.807, 2.05) is 0 Å². The molecule has 34 heavy (non-hydrogen) atoms. The van der Waals surface area contributed by atoms with Crippen LogP contribution in [0, 0.1) is 0 Å². The van der Waals surface area contributed by atoms with Gasteiger partial charge in [-0.15, -0.1) is 0 Å². The summed E-state index contributed by atoms with van der Waals surface area (Å²) in [5.74, 6) is -1.51. The molecule has 2 N–H and O–H groups in total. The van der Waals surface area contributed by atoms with Crippen LogP contribution in [0.4, 0.5) is 8.78 Å². The average molecular weight is 498 g/mol. The quantitative estimate of drug-likeness (QED) is 0.386. The number of ether oxygens (including phenoxy) is 2. The van der Waals surface area contributed by atoms with Gasteiger partial charge in [0.1, 0.15) is 0 Å². The fraction of sp³-hybridized carbons (Fsp3) is 0.273. The normalized spacial score (nSPS) is 11.6. The van der Waals surface area contributed by atoms with Gasteiger partial charge in [0.25, 0.3) is 11.8 Å². The van der Waals surface area contributed by atoms with E-state index in [2.05, 4.69) is 15.6 Å². The van der Waals surface area contributed by atoms with Gasteiger partial charge in [0.2, 0.25) is 10.0 Å². The van der Waals surface area contributed by atoms with Crippen molar-refractivity contribution in [2.75, 3.05) is 20.2 Å². The van der Waals surface area contributed by atoms with Crippen molar-refractivity contribution in [1.82, 2.24) is 15.2 Å². The van der Waals surface area contributed by atoms with Crippen molar-refractivity contribution in [3.8, 4) is 11.5 Å². The van der Waals surface area contributed by atoms with Crippen LogP contribution in [-0.4, -0.2) is 51.3 Å². The topological polar surface area (TPSA) is 114 Å². The summed E-state index contributed by atoms with van der Waals surface area (Å²) in [6.07, 6.45) is 2.47. The minimum absolute atomic E-state index is 0.0386. The zero-order chi connectivity index (χ0) is 25.3. The number of methoxy groups -OCH3 is 1. The van der Waals surface area contributed by atoms with E-state index in [9.17, 15) is 26.8 Å². The van der Waals surface area contributed by atoms with Crippen molar-refractivity contribution in [3.05, 3.63) is 59.7 Å². The van der Waals surface area contributed by atoms with Crippen LogP contribution < -0.4 is 20.3 Å². The Morgan fingerprint density at radius 3 is 2.38 bits per heavy atom. The molecule has 0 heterocycles. The number of carbonyl (C=O) groups excluding carboxylic acids is 2. The van der Waals surface area contributed by atoms with Gasteiger partial charge in [0, 0.05) is 24.7 Å². The molecule has 0 bridgehead atoms. The number of hydrogen-bond donors (Lipinski definition) is 2. The molecular weight excluding hydrogens is 472 g/mol. The van der Waals surface area contributed by atoms with Crippen LogP contribution in [0.15, 0.2) is 53.4 Å². The lowest BCUT2D eigenvalue weighted by atomic mass is 10.2. The minimum atomic E-state index is -3.75. The van der Waals surface area contributed by atoms with E-state index < -0.39 is 28.4 Å². The monoisotopic (exact) mass is 497 g/mol. The molecule has 2 aromatic carbocycles. The van der Waals surface area contributed by atoms with Gasteiger partial charge in [0.05, 0.1) is 12.0 Å². The van der Waals surface area contributed by atoms with Crippen LogP contribution in [0.5, 0.6) is 11.5 Å². The van der Waals surface area contributed by atoms with Gasteiger partial charge in [0.15, 0.2) is 11.5 Å². The highest BCUT2D eigenvalue weighted by Gasteiger charge is 2.22. The number of benzene rings is 2. The largest absolute Gasteiger partial charge is 0.493 e. The molecule has 12 heteroatoms. The van der Waals surface area contributed by atoms with Gasteiger partial charge < -0.3 is 9.47 Å². The Morgan fingerprint density at radius 1 is 1.06 bits per heavy atom. The van der Waals surface area contributed by atoms with Gasteiger partial charge in [-0.25, -0.2) is 8.42 Å². The summed E-state index contributed by atoms with van der Waals surface area (Å²) in [7, 11) is -2.47. The molecule has 0 saturated heterocycles. The van der Waals surface area contributed by atoms with Crippen LogP contribution in [-0.2, 0) is 14.8 Å². The number of rotatable bonds is 10. The number of alkyl halides is 2. The first-order valence-corrected chi connectivity index (χ1v) is 11.6. The molecule has 0 spiro atoms. The van der Waals surface area contributed by atoms with Crippen LogP contribution in [0.2, 0.25) is 0 Å². The standard InChI is InChI=1S/C22H25F2N3O6S/c1-4-27(5-2)34(30,31)17-8-6-7-16(14-17)21(29)26-25-20(28)12-10-15-9-11-18(33-22(23)24)19(13-15)32-3/h6-14,22H,4-5H2,1-3H3,(H,25,28)(H,26,29)/b12-10+. The molecule has 0 aromatic heterocycles. The highest BCUT2D eigenvalue weighted by Crippen LogP contribution is 2.29. The molecule has 0 unspecified atom stereocenters. The molecule has 0 radical (unpaired) electrons. The first-order valence-electron chi connectivity index (χ1n) is 10.1. The Labute approximate surface area is 196 Å². The molecule has 0 atom stereocenters. The van der Waals surface area contributed by atoms with Crippen molar-refractivity contribution in [3.63, 3.8) is 0 Å². The summed E-state index contributed by atoms with van der Waals surface area (Å²) in [6, 6.07) is 9.55. The Bertz CT molecular complexity index is 1150. The summed E-state index contributed by atoms with van der Waals surface area (Å²) in [4.78, 5) is 24.4. The lowest BCUT2D eigenvalue weighted by Crippen LogP contribution is -2.40. The van der Waals surface area contributed by atoms with Crippen LogP contribution in [0.25, 0.3) is 6.08 Å². The summed E-state index contributed by atoms with van der Waals surface area (Å²) in [5, 5.41) is 0. The van der Waals surface area contributed by atoms with Gasteiger partial charge in [-0.1, -0.05) is 26.0 Å². The SMILES string of the molecule is CCN(CC)S(=O)(=O)c1cccc(C(=O)NNC(=O)/C=C/c2ccc(OC(F)F)c(OC)c2)c1. The maximum absolute atomic E-state index is 12.6. The molecule has 0 aliphatic rings. The average Bonchev–Trinajstić information content (AvgIpc) is 2.82. The maximum atomic E-state index is 12.6. The van der Waals surface area contributed by atoms with Crippen molar-refractivity contribution >= 4 is 27.9 Å². The Balaban J connectivity index is 2.03. The lowest BCUT2D eigenvalue weighted by molar-refractivity contribution is -0.117. The number of hydrogen-bond acceptors (Lipinski definition) is 6. The number of hydrazine groups is 1. The van der Waals surface area contributed by atoms with Crippen molar-refractivity contribution in [1.29, 1.82) is 0 Å². The highest BCUT2D eigenvalue weighted by molar-refractivity contribution is 7.89. The van der Waals surface area contributed by atoms with E-state index in [-0.39, 0.29) is 35.0 Å². The first kappa shape index (κ1) is 26.7. The third-order valence-electron chi connectivity index (χ3n) is 4.57. The van der Waals surface area contributed by atoms with Crippen molar-refractivity contribution in [2.45, 2.75) is 25.4 Å². The van der Waals surface area contributed by atoms with E-state index in [0.717, 1.165) is 6.08 Å². The molecule has 0 aliphatic carbocycles. The van der Waals surface area contributed by atoms with Crippen molar-refractivity contribution < 1.29 is 36.3 Å². The summed E-state index contributed by atoms with van der Waals surface area (Å²) in [6.45, 7) is 0.976. The highest BCUT2D eigenvalue weighted by atomic mass is 32.2. The summed E-state index contributed by atoms with van der Waals surface area (Å²) < 4.78 is 60.7. The lowest BCUT2D eigenvalue weighted by Gasteiger charge is -2.18. The fourth-order valence-corrected chi connectivity index (χ4v) is 4.40. The van der Waals surface area contributed by atoms with Crippen molar-refractivity contribution in [2.24, 2.45) is 0 Å². The number of amides is 2. The van der Waals surface area contributed by atoms with Gasteiger partial charge in [-0.2, -0.15) is 13.1 Å². The van der Waals surface area contributed by atoms with Crippen LogP contribution in [0.1, 0.15) is 29.8 Å². The number of sulfonamides is 1. The second kappa shape index (κ2) is 12.1. The molecule has 2 amide bonds. The van der Waals surface area contributed by atoms with E-state index in [0.29, 0.717) is 5.56 Å². The molecule has 184 valence electrons. The molecule has 2 rings (SSSR count). The van der Waals surface area contributed by atoms with E-state index >= 15 is 0 Å². The number of carbonyl (C=O) groups is 2. The fourth-order valence-electron chi connectivity index (χ4n) is 2.90. The predicted octanol–water partition coefficient (Wildman–Crippen LogP) is 2.80. The maximum Gasteiger partial charge on any atom is 0.387 e. The van der Waals surface area contributed by atoms with Gasteiger partial charge in [-0.3, -0.25) is 20.4 Å². The summed E-state index contributed by atoms with van der Waals surface area (Å²) in [5.41, 5.74) is 4.87. The second-order valence-corrected chi connectivity index (χ2v) is 8.62. The number of nitrogens with zero attached hydrogens (tertiary/aromatic N) is 1. The zero-order valence-electron chi connectivity index (χ0n) is 18.7. The Kier molecular flexibility index (Phi) is 9.51. The number of nitrogens with one attached hydrogen (secondary N) is 2. The van der Waals surface area contributed by atoms with Crippen LogP contribution >= 0.6 is 0 Å². The van der Waals surface area contributed by atoms with E-state index in [1.54, 1.807) is 13.8 Å². The summed E-state index contributed by atoms with van der Waals surface area (Å²) >= 11 is 0. The minimum Gasteiger partial charge on any atom is -0.493 e. The third kappa shape index (κ3) is 6.99. The number of halogens is 2.